The van der Waals surface area contributed by atoms with Crippen molar-refractivity contribution in [2.24, 2.45) is 0 Å². The number of methoxy groups -OCH3 is 1. The van der Waals surface area contributed by atoms with Crippen molar-refractivity contribution in [2.75, 3.05) is 28.4 Å². The van der Waals surface area contributed by atoms with E-state index in [1.165, 1.54) is 18.1 Å². The summed E-state index contributed by atoms with van der Waals surface area (Å²) in [6, 6.07) is 14.7. The molecule has 0 unspecified atom stereocenters. The highest BCUT2D eigenvalue weighted by molar-refractivity contribution is 6.28. The Morgan fingerprint density at radius 1 is 0.824 bits per heavy atom. The standard InChI is InChI=1S/C25H22F3N3O3/c1-4-29-20-12-10-17(25(26,27)28)15-21(20)30(18-8-6-5-7-9-18)24(33)31(23(29)32)19-11-13-22(34-3)16(2)14-19/h5-15H,4H2,1-3H3. The molecule has 1 aliphatic heterocycles. The molecule has 0 atom stereocenters. The van der Waals surface area contributed by atoms with Gasteiger partial charge in [0.2, 0.25) is 0 Å². The summed E-state index contributed by atoms with van der Waals surface area (Å²) in [5.74, 6) is 0.573. The molecule has 0 bridgehead atoms. The van der Waals surface area contributed by atoms with E-state index in [9.17, 15) is 22.8 Å². The number of urea groups is 2. The number of benzene rings is 3. The molecule has 0 saturated carbocycles. The van der Waals surface area contributed by atoms with Crippen LogP contribution in [0.5, 0.6) is 5.75 Å². The van der Waals surface area contributed by atoms with Gasteiger partial charge in [0, 0.05) is 6.54 Å². The SMILES string of the molecule is CCN1C(=O)N(c2ccc(OC)c(C)c2)C(=O)N(c2ccccc2)c2cc(C(F)(F)F)ccc21. The fourth-order valence-electron chi connectivity index (χ4n) is 3.97. The monoisotopic (exact) mass is 469 g/mol. The van der Waals surface area contributed by atoms with E-state index in [0.29, 0.717) is 17.0 Å². The lowest BCUT2D eigenvalue weighted by molar-refractivity contribution is -0.137. The Morgan fingerprint density at radius 3 is 2.12 bits per heavy atom. The topological polar surface area (TPSA) is 53.1 Å². The molecule has 34 heavy (non-hydrogen) atoms. The highest BCUT2D eigenvalue weighted by Gasteiger charge is 2.41. The number of fused-ring (bicyclic) bond motifs is 1. The quantitative estimate of drug-likeness (QED) is 0.425. The van der Waals surface area contributed by atoms with Crippen molar-refractivity contribution in [1.82, 2.24) is 0 Å². The lowest BCUT2D eigenvalue weighted by atomic mass is 10.1. The van der Waals surface area contributed by atoms with Gasteiger partial charge >= 0.3 is 18.2 Å². The molecule has 0 N–H and O–H groups in total. The summed E-state index contributed by atoms with van der Waals surface area (Å²) in [5, 5.41) is 0. The van der Waals surface area contributed by atoms with Crippen LogP contribution in [-0.2, 0) is 6.18 Å². The Morgan fingerprint density at radius 2 is 1.53 bits per heavy atom. The first-order chi connectivity index (χ1) is 16.2. The van der Waals surface area contributed by atoms with Gasteiger partial charge in [-0.1, -0.05) is 18.2 Å². The van der Waals surface area contributed by atoms with Crippen LogP contribution in [0.15, 0.2) is 66.7 Å². The van der Waals surface area contributed by atoms with Crippen LogP contribution < -0.4 is 19.4 Å². The molecule has 4 rings (SSSR count). The molecule has 9 heteroatoms. The number of imide groups is 1. The van der Waals surface area contributed by atoms with E-state index >= 15 is 0 Å². The minimum atomic E-state index is -4.62. The second-order valence-electron chi connectivity index (χ2n) is 7.67. The minimum absolute atomic E-state index is 0.0334. The molecule has 0 fully saturated rings. The number of alkyl halides is 3. The summed E-state index contributed by atoms with van der Waals surface area (Å²) in [4.78, 5) is 30.9. The van der Waals surface area contributed by atoms with Gasteiger partial charge in [-0.2, -0.15) is 13.2 Å². The maximum atomic E-state index is 13.9. The Balaban J connectivity index is 1.98. The lowest BCUT2D eigenvalue weighted by Crippen LogP contribution is -2.48. The van der Waals surface area contributed by atoms with E-state index in [-0.39, 0.29) is 23.6 Å². The molecule has 0 radical (unpaired) electrons. The van der Waals surface area contributed by atoms with Crippen LogP contribution in [-0.4, -0.2) is 25.7 Å². The number of carbonyl (C=O) groups excluding carboxylic acids is 2. The largest absolute Gasteiger partial charge is 0.496 e. The summed E-state index contributed by atoms with van der Waals surface area (Å²) in [5.41, 5.74) is 0.540. The van der Waals surface area contributed by atoms with E-state index in [0.717, 1.165) is 21.9 Å². The van der Waals surface area contributed by atoms with E-state index in [4.69, 9.17) is 4.74 Å². The summed E-state index contributed by atoms with van der Waals surface area (Å²) in [7, 11) is 1.51. The van der Waals surface area contributed by atoms with E-state index in [2.05, 4.69) is 0 Å². The zero-order valence-corrected chi connectivity index (χ0v) is 18.8. The van der Waals surface area contributed by atoms with Gasteiger partial charge in [0.05, 0.1) is 35.4 Å². The molecule has 3 aromatic carbocycles. The smallest absolute Gasteiger partial charge is 0.416 e. The fraction of sp³-hybridized carbons (Fsp3) is 0.200. The van der Waals surface area contributed by atoms with Gasteiger partial charge in [-0.25, -0.2) is 14.5 Å². The number of para-hydroxylation sites is 1. The normalized spacial score (nSPS) is 14.2. The summed E-state index contributed by atoms with van der Waals surface area (Å²) < 4.78 is 46.1. The first kappa shape index (κ1) is 23.2. The van der Waals surface area contributed by atoms with Crippen molar-refractivity contribution in [3.8, 4) is 5.75 Å². The van der Waals surface area contributed by atoms with Crippen LogP contribution in [0.2, 0.25) is 0 Å². The highest BCUT2D eigenvalue weighted by Crippen LogP contribution is 2.43. The molecular weight excluding hydrogens is 447 g/mol. The zero-order valence-electron chi connectivity index (χ0n) is 18.8. The van der Waals surface area contributed by atoms with Gasteiger partial charge in [-0.3, -0.25) is 9.80 Å². The van der Waals surface area contributed by atoms with Crippen LogP contribution in [0.4, 0.5) is 45.5 Å². The summed E-state index contributed by atoms with van der Waals surface area (Å²) in [6.45, 7) is 3.60. The van der Waals surface area contributed by atoms with E-state index in [1.807, 2.05) is 0 Å². The second kappa shape index (κ2) is 8.74. The van der Waals surface area contributed by atoms with Crippen molar-refractivity contribution >= 4 is 34.8 Å². The summed E-state index contributed by atoms with van der Waals surface area (Å²) >= 11 is 0. The highest BCUT2D eigenvalue weighted by atomic mass is 19.4. The Labute approximate surface area is 194 Å². The van der Waals surface area contributed by atoms with Gasteiger partial charge in [-0.15, -0.1) is 0 Å². The van der Waals surface area contributed by atoms with Gasteiger partial charge < -0.3 is 4.74 Å². The molecule has 0 spiro atoms. The number of halogens is 3. The molecule has 3 aromatic rings. The predicted octanol–water partition coefficient (Wildman–Crippen LogP) is 6.75. The maximum absolute atomic E-state index is 13.9. The molecule has 176 valence electrons. The Kier molecular flexibility index (Phi) is 5.95. The number of aryl methyl sites for hydroxylation is 1. The third kappa shape index (κ3) is 3.93. The number of hydrogen-bond acceptors (Lipinski definition) is 3. The van der Waals surface area contributed by atoms with Gasteiger partial charge in [0.1, 0.15) is 5.75 Å². The van der Waals surface area contributed by atoms with Crippen LogP contribution in [0.25, 0.3) is 0 Å². The number of nitrogens with zero attached hydrogens (tertiary/aromatic N) is 3. The maximum Gasteiger partial charge on any atom is 0.416 e. The Hall–Kier alpha value is -4.01. The zero-order chi connectivity index (χ0) is 24.6. The average Bonchev–Trinajstić information content (AvgIpc) is 2.89. The van der Waals surface area contributed by atoms with Crippen molar-refractivity contribution in [2.45, 2.75) is 20.0 Å². The first-order valence-electron chi connectivity index (χ1n) is 10.5. The van der Waals surface area contributed by atoms with E-state index < -0.39 is 23.8 Å². The lowest BCUT2D eigenvalue weighted by Gasteiger charge is -2.27. The van der Waals surface area contributed by atoms with Crippen LogP contribution in [0, 0.1) is 6.92 Å². The molecular formula is C25H22F3N3O3. The third-order valence-corrected chi connectivity index (χ3v) is 5.61. The van der Waals surface area contributed by atoms with Crippen molar-refractivity contribution in [3.63, 3.8) is 0 Å². The van der Waals surface area contributed by atoms with Gasteiger partial charge in [-0.05, 0) is 67.9 Å². The number of amides is 4. The molecule has 1 heterocycles. The number of anilines is 4. The van der Waals surface area contributed by atoms with Crippen LogP contribution in [0.1, 0.15) is 18.1 Å². The van der Waals surface area contributed by atoms with Crippen molar-refractivity contribution < 1.29 is 27.5 Å². The number of ether oxygens (including phenoxy) is 1. The molecule has 0 saturated heterocycles. The van der Waals surface area contributed by atoms with Crippen molar-refractivity contribution in [1.29, 1.82) is 0 Å². The number of hydrogen-bond donors (Lipinski definition) is 0. The molecule has 6 nitrogen and oxygen atoms in total. The molecule has 0 aliphatic carbocycles. The second-order valence-corrected chi connectivity index (χ2v) is 7.67. The fourth-order valence-corrected chi connectivity index (χ4v) is 3.97. The number of carbonyl (C=O) groups is 2. The van der Waals surface area contributed by atoms with Gasteiger partial charge in [0.15, 0.2) is 0 Å². The van der Waals surface area contributed by atoms with Crippen LogP contribution in [0.3, 0.4) is 0 Å². The first-order valence-corrected chi connectivity index (χ1v) is 10.5. The molecule has 0 aromatic heterocycles. The minimum Gasteiger partial charge on any atom is -0.496 e. The van der Waals surface area contributed by atoms with E-state index in [1.54, 1.807) is 62.4 Å². The molecule has 1 aliphatic rings. The van der Waals surface area contributed by atoms with Crippen molar-refractivity contribution in [3.05, 3.63) is 77.9 Å². The summed E-state index contributed by atoms with van der Waals surface area (Å²) in [6.07, 6.45) is -4.62. The number of rotatable bonds is 4. The Bertz CT molecular complexity index is 1250. The van der Waals surface area contributed by atoms with Gasteiger partial charge in [0.25, 0.3) is 0 Å². The average molecular weight is 469 g/mol. The third-order valence-electron chi connectivity index (χ3n) is 5.61. The van der Waals surface area contributed by atoms with Crippen LogP contribution >= 0.6 is 0 Å². The molecule has 4 amide bonds. The predicted molar refractivity (Wildman–Crippen MR) is 124 cm³/mol.